The van der Waals surface area contributed by atoms with Crippen LogP contribution in [-0.2, 0) is 13.0 Å². The van der Waals surface area contributed by atoms with Gasteiger partial charge in [0.05, 0.1) is 16.9 Å². The molecule has 2 aromatic carbocycles. The summed E-state index contributed by atoms with van der Waals surface area (Å²) < 4.78 is 15.6. The van der Waals surface area contributed by atoms with E-state index in [0.717, 1.165) is 31.4 Å². The maximum Gasteiger partial charge on any atom is 0.216 e. The third kappa shape index (κ3) is 5.00. The summed E-state index contributed by atoms with van der Waals surface area (Å²) in [7, 11) is 1.63. The van der Waals surface area contributed by atoms with E-state index in [2.05, 4.69) is 53.8 Å². The van der Waals surface area contributed by atoms with E-state index in [9.17, 15) is 0 Å². The Hall–Kier alpha value is -1.72. The number of ether oxygens (including phenoxy) is 2. The van der Waals surface area contributed by atoms with Crippen LogP contribution in [0.2, 0.25) is 0 Å². The van der Waals surface area contributed by atoms with E-state index < -0.39 is 0 Å². The number of H-pyrrole nitrogens is 1. The Bertz CT molecular complexity index is 1050. The van der Waals surface area contributed by atoms with Crippen molar-refractivity contribution >= 4 is 57.0 Å². The van der Waals surface area contributed by atoms with Crippen LogP contribution in [0, 0.1) is 8.34 Å². The van der Waals surface area contributed by atoms with Crippen LogP contribution in [0.5, 0.6) is 11.5 Å². The van der Waals surface area contributed by atoms with Gasteiger partial charge in [0.25, 0.3) is 0 Å². The first-order valence-electron chi connectivity index (χ1n) is 8.47. The Morgan fingerprint density at radius 1 is 1.32 bits per heavy atom. The van der Waals surface area contributed by atoms with Gasteiger partial charge in [-0.1, -0.05) is 35.0 Å². The largest absolute Gasteiger partial charge is 0.493 e. The normalized spacial score (nSPS) is 11.1. The van der Waals surface area contributed by atoms with Gasteiger partial charge in [-0.2, -0.15) is 14.9 Å². The molecule has 0 spiro atoms. The first-order chi connectivity index (χ1) is 13.5. The van der Waals surface area contributed by atoms with E-state index in [4.69, 9.17) is 21.7 Å². The first-order valence-corrected chi connectivity index (χ1v) is 10.7. The number of aryl methyl sites for hydroxylation is 1. The second-order valence-corrected chi connectivity index (χ2v) is 8.27. The summed E-state index contributed by atoms with van der Waals surface area (Å²) in [6.45, 7) is 2.46. The molecule has 0 saturated carbocycles. The SMILES string of the molecule is CCc1n[nH]c(=S)n1/N=C\c1cc(I)c(OCc2ccc(Br)cc2)c(OC)c1. The van der Waals surface area contributed by atoms with Crippen LogP contribution in [0.3, 0.4) is 0 Å². The molecule has 1 heterocycles. The van der Waals surface area contributed by atoms with Crippen LogP contribution < -0.4 is 9.47 Å². The van der Waals surface area contributed by atoms with Crippen LogP contribution in [0.4, 0.5) is 0 Å². The van der Waals surface area contributed by atoms with Crippen molar-refractivity contribution in [3.05, 3.63) is 66.2 Å². The maximum atomic E-state index is 6.02. The van der Waals surface area contributed by atoms with Gasteiger partial charge in [-0.3, -0.25) is 5.10 Å². The van der Waals surface area contributed by atoms with Crippen LogP contribution in [0.25, 0.3) is 0 Å². The topological polar surface area (TPSA) is 64.4 Å². The highest BCUT2D eigenvalue weighted by Gasteiger charge is 2.12. The monoisotopic (exact) mass is 572 g/mol. The molecule has 0 saturated heterocycles. The first kappa shape index (κ1) is 21.0. The molecule has 0 unspecified atom stereocenters. The number of benzene rings is 2. The number of methoxy groups -OCH3 is 1. The van der Waals surface area contributed by atoms with Gasteiger partial charge < -0.3 is 9.47 Å². The van der Waals surface area contributed by atoms with Gasteiger partial charge in [-0.05, 0) is 70.2 Å². The van der Waals surface area contributed by atoms with Crippen molar-refractivity contribution in [1.82, 2.24) is 14.9 Å². The summed E-state index contributed by atoms with van der Waals surface area (Å²) in [6.07, 6.45) is 2.46. The Kier molecular flexibility index (Phi) is 7.24. The van der Waals surface area contributed by atoms with Crippen LogP contribution in [0.15, 0.2) is 46.0 Å². The zero-order chi connectivity index (χ0) is 20.1. The highest BCUT2D eigenvalue weighted by molar-refractivity contribution is 14.1. The number of nitrogens with one attached hydrogen (secondary N) is 1. The number of hydrogen-bond acceptors (Lipinski definition) is 5. The van der Waals surface area contributed by atoms with E-state index in [0.29, 0.717) is 22.9 Å². The van der Waals surface area contributed by atoms with Gasteiger partial charge in [-0.25, -0.2) is 0 Å². The summed E-state index contributed by atoms with van der Waals surface area (Å²) in [5.41, 5.74) is 1.95. The van der Waals surface area contributed by atoms with Crippen LogP contribution >= 0.6 is 50.7 Å². The van der Waals surface area contributed by atoms with E-state index in [-0.39, 0.29) is 0 Å². The molecule has 9 heteroatoms. The molecule has 0 bridgehead atoms. The zero-order valence-electron chi connectivity index (χ0n) is 15.3. The molecular weight excluding hydrogens is 555 g/mol. The summed E-state index contributed by atoms with van der Waals surface area (Å²) in [5.74, 6) is 2.13. The van der Waals surface area contributed by atoms with Gasteiger partial charge in [0.1, 0.15) is 6.61 Å². The van der Waals surface area contributed by atoms with Crippen molar-refractivity contribution in [3.8, 4) is 11.5 Å². The molecule has 1 N–H and O–H groups in total. The Morgan fingerprint density at radius 2 is 2.07 bits per heavy atom. The van der Waals surface area contributed by atoms with Crippen LogP contribution in [-0.4, -0.2) is 28.2 Å². The Morgan fingerprint density at radius 3 is 2.75 bits per heavy atom. The molecule has 0 aliphatic heterocycles. The third-order valence-electron chi connectivity index (χ3n) is 3.90. The minimum Gasteiger partial charge on any atom is -0.493 e. The van der Waals surface area contributed by atoms with Crippen molar-refractivity contribution in [2.45, 2.75) is 20.0 Å². The maximum absolute atomic E-state index is 6.02. The zero-order valence-corrected chi connectivity index (χ0v) is 19.8. The Labute approximate surface area is 190 Å². The van der Waals surface area contributed by atoms with Gasteiger partial charge in [-0.15, -0.1) is 0 Å². The second-order valence-electron chi connectivity index (χ2n) is 5.80. The smallest absolute Gasteiger partial charge is 0.216 e. The van der Waals surface area contributed by atoms with Gasteiger partial charge in [0, 0.05) is 10.9 Å². The van der Waals surface area contributed by atoms with E-state index >= 15 is 0 Å². The van der Waals surface area contributed by atoms with Crippen molar-refractivity contribution in [3.63, 3.8) is 0 Å². The lowest BCUT2D eigenvalue weighted by Gasteiger charge is -2.13. The third-order valence-corrected chi connectivity index (χ3v) is 5.50. The standard InChI is InChI=1S/C19H18BrIN4O2S/c1-3-17-23-24-19(28)25(17)22-10-13-8-15(21)18(16(9-13)26-2)27-11-12-4-6-14(20)7-5-12/h4-10H,3,11H2,1-2H3,(H,24,28)/b22-10-. The molecule has 28 heavy (non-hydrogen) atoms. The highest BCUT2D eigenvalue weighted by Crippen LogP contribution is 2.34. The fourth-order valence-corrected chi connectivity index (χ4v) is 3.73. The second kappa shape index (κ2) is 9.66. The van der Waals surface area contributed by atoms with Gasteiger partial charge in [0.15, 0.2) is 17.3 Å². The molecule has 0 aliphatic rings. The number of hydrogen-bond donors (Lipinski definition) is 1. The average Bonchev–Trinajstić information content (AvgIpc) is 3.06. The summed E-state index contributed by atoms with van der Waals surface area (Å²) >= 11 is 10.9. The number of aromatic amines is 1. The average molecular weight is 573 g/mol. The molecule has 0 aliphatic carbocycles. The minimum absolute atomic E-state index is 0.455. The molecule has 0 atom stereocenters. The number of rotatable bonds is 7. The van der Waals surface area contributed by atoms with E-state index in [1.54, 1.807) is 18.0 Å². The molecule has 3 rings (SSSR count). The predicted octanol–water partition coefficient (Wildman–Crippen LogP) is 5.34. The molecule has 146 valence electrons. The van der Waals surface area contributed by atoms with Crippen molar-refractivity contribution < 1.29 is 9.47 Å². The molecule has 1 aromatic heterocycles. The fourth-order valence-electron chi connectivity index (χ4n) is 2.49. The lowest BCUT2D eigenvalue weighted by molar-refractivity contribution is 0.282. The summed E-state index contributed by atoms with van der Waals surface area (Å²) in [5, 5.41) is 11.4. The minimum atomic E-state index is 0.455. The summed E-state index contributed by atoms with van der Waals surface area (Å²) in [6, 6.07) is 11.9. The molecule has 6 nitrogen and oxygen atoms in total. The van der Waals surface area contributed by atoms with Crippen molar-refractivity contribution in [1.29, 1.82) is 0 Å². The lowest BCUT2D eigenvalue weighted by Crippen LogP contribution is -2.01. The number of aromatic nitrogens is 3. The van der Waals surface area contributed by atoms with Gasteiger partial charge >= 0.3 is 0 Å². The molecule has 0 amide bonds. The van der Waals surface area contributed by atoms with E-state index in [1.807, 2.05) is 43.3 Å². The van der Waals surface area contributed by atoms with Gasteiger partial charge in [0.2, 0.25) is 4.77 Å². The lowest BCUT2D eigenvalue weighted by atomic mass is 10.2. The summed E-state index contributed by atoms with van der Waals surface area (Å²) in [4.78, 5) is 0. The van der Waals surface area contributed by atoms with Crippen LogP contribution in [0.1, 0.15) is 23.9 Å². The van der Waals surface area contributed by atoms with Crippen molar-refractivity contribution in [2.24, 2.45) is 5.10 Å². The number of halogens is 2. The molecule has 3 aromatic rings. The van der Waals surface area contributed by atoms with E-state index in [1.165, 1.54) is 0 Å². The predicted molar refractivity (Wildman–Crippen MR) is 124 cm³/mol. The molecular formula is C19H18BrIN4O2S. The highest BCUT2D eigenvalue weighted by atomic mass is 127. The Balaban J connectivity index is 1.82. The quantitative estimate of drug-likeness (QED) is 0.236. The molecule has 0 radical (unpaired) electrons. The molecule has 0 fully saturated rings. The number of nitrogens with zero attached hydrogens (tertiary/aromatic N) is 3. The van der Waals surface area contributed by atoms with Crippen molar-refractivity contribution in [2.75, 3.05) is 7.11 Å². The fraction of sp³-hybridized carbons (Fsp3) is 0.211.